The highest BCUT2D eigenvalue weighted by Gasteiger charge is 2.12. The molecule has 4 rings (SSSR count). The fourth-order valence-corrected chi connectivity index (χ4v) is 4.46. The van der Waals surface area contributed by atoms with Crippen LogP contribution in [0.2, 0.25) is 0 Å². The van der Waals surface area contributed by atoms with E-state index in [0.717, 1.165) is 33.1 Å². The molecular formula is C15H13N5OS3. The van der Waals surface area contributed by atoms with Gasteiger partial charge in [-0.1, -0.05) is 17.8 Å². The lowest BCUT2D eigenvalue weighted by atomic mass is 10.4. The summed E-state index contributed by atoms with van der Waals surface area (Å²) in [6, 6.07) is 8.01. The van der Waals surface area contributed by atoms with Gasteiger partial charge in [0.1, 0.15) is 5.76 Å². The maximum atomic E-state index is 5.62. The molecule has 0 saturated heterocycles. The lowest BCUT2D eigenvalue weighted by molar-refractivity contribution is 0.548. The van der Waals surface area contributed by atoms with Gasteiger partial charge >= 0.3 is 0 Å². The smallest absolute Gasteiger partial charge is 0.210 e. The molecule has 4 aromatic rings. The van der Waals surface area contributed by atoms with Crippen molar-refractivity contribution in [3.8, 4) is 10.8 Å². The van der Waals surface area contributed by atoms with Gasteiger partial charge in [0.25, 0.3) is 0 Å². The number of furan rings is 1. The second-order valence-corrected chi connectivity index (χ2v) is 7.87. The van der Waals surface area contributed by atoms with E-state index < -0.39 is 0 Å². The molecule has 9 heteroatoms. The van der Waals surface area contributed by atoms with Gasteiger partial charge in [0.2, 0.25) is 5.16 Å². The van der Waals surface area contributed by atoms with Crippen LogP contribution in [0.3, 0.4) is 0 Å². The Labute approximate surface area is 150 Å². The summed E-state index contributed by atoms with van der Waals surface area (Å²) in [5, 5.41) is 17.8. The van der Waals surface area contributed by atoms with Gasteiger partial charge in [0, 0.05) is 16.0 Å². The van der Waals surface area contributed by atoms with Gasteiger partial charge in [0.15, 0.2) is 10.8 Å². The van der Waals surface area contributed by atoms with Crippen LogP contribution in [-0.4, -0.2) is 25.2 Å². The number of hydrogen-bond donors (Lipinski definition) is 0. The SMILES string of the molecule is Cc1ccc(-c2nc(CSc3nnnn3Cc3cccs3)cs2)o1. The monoisotopic (exact) mass is 375 g/mol. The van der Waals surface area contributed by atoms with Gasteiger partial charge in [-0.2, -0.15) is 0 Å². The molecular weight excluding hydrogens is 362 g/mol. The topological polar surface area (TPSA) is 69.6 Å². The van der Waals surface area contributed by atoms with E-state index >= 15 is 0 Å². The van der Waals surface area contributed by atoms with Crippen molar-refractivity contribution >= 4 is 34.4 Å². The van der Waals surface area contributed by atoms with Crippen molar-refractivity contribution in [2.75, 3.05) is 0 Å². The van der Waals surface area contributed by atoms with Crippen molar-refractivity contribution in [3.05, 3.63) is 51.4 Å². The van der Waals surface area contributed by atoms with Crippen LogP contribution < -0.4 is 0 Å². The molecule has 0 aliphatic rings. The molecule has 0 amide bonds. The minimum Gasteiger partial charge on any atom is -0.459 e. The zero-order valence-corrected chi connectivity index (χ0v) is 15.2. The molecule has 4 heterocycles. The summed E-state index contributed by atoms with van der Waals surface area (Å²) < 4.78 is 7.44. The number of thioether (sulfide) groups is 1. The average Bonchev–Trinajstić information content (AvgIpc) is 3.34. The second-order valence-electron chi connectivity index (χ2n) is 5.04. The Hall–Kier alpha value is -1.97. The van der Waals surface area contributed by atoms with Crippen LogP contribution in [0.25, 0.3) is 10.8 Å². The maximum absolute atomic E-state index is 5.62. The van der Waals surface area contributed by atoms with Crippen LogP contribution in [-0.2, 0) is 12.3 Å². The first-order valence-electron chi connectivity index (χ1n) is 7.20. The van der Waals surface area contributed by atoms with E-state index in [4.69, 9.17) is 4.42 Å². The third-order valence-corrected chi connectivity index (χ3v) is 5.99. The van der Waals surface area contributed by atoms with Gasteiger partial charge in [-0.25, -0.2) is 9.67 Å². The quantitative estimate of drug-likeness (QED) is 0.473. The number of tetrazole rings is 1. The lowest BCUT2D eigenvalue weighted by Crippen LogP contribution is -2.02. The summed E-state index contributed by atoms with van der Waals surface area (Å²) in [5.41, 5.74) is 1.000. The molecule has 0 saturated carbocycles. The number of hydrogen-bond acceptors (Lipinski definition) is 8. The Morgan fingerprint density at radius 1 is 1.25 bits per heavy atom. The highest BCUT2D eigenvalue weighted by atomic mass is 32.2. The summed E-state index contributed by atoms with van der Waals surface area (Å²) in [6.07, 6.45) is 0. The van der Waals surface area contributed by atoms with Crippen LogP contribution in [0.15, 0.2) is 44.6 Å². The van der Waals surface area contributed by atoms with Crippen molar-refractivity contribution in [2.45, 2.75) is 24.4 Å². The number of rotatable bonds is 6. The zero-order valence-electron chi connectivity index (χ0n) is 12.7. The maximum Gasteiger partial charge on any atom is 0.210 e. The summed E-state index contributed by atoms with van der Waals surface area (Å²) >= 11 is 4.87. The number of aromatic nitrogens is 5. The van der Waals surface area contributed by atoms with Crippen LogP contribution in [0.5, 0.6) is 0 Å². The first-order chi connectivity index (χ1) is 11.8. The van der Waals surface area contributed by atoms with Crippen LogP contribution in [0.4, 0.5) is 0 Å². The molecule has 6 nitrogen and oxygen atoms in total. The fourth-order valence-electron chi connectivity index (χ4n) is 2.12. The molecule has 0 fully saturated rings. The van der Waals surface area contributed by atoms with Crippen LogP contribution >= 0.6 is 34.4 Å². The van der Waals surface area contributed by atoms with E-state index in [0.29, 0.717) is 6.54 Å². The normalized spacial score (nSPS) is 11.2. The molecule has 0 aliphatic heterocycles. The van der Waals surface area contributed by atoms with E-state index in [2.05, 4.69) is 32.0 Å². The first kappa shape index (κ1) is 15.6. The summed E-state index contributed by atoms with van der Waals surface area (Å²) in [5.74, 6) is 2.43. The van der Waals surface area contributed by atoms with Gasteiger partial charge in [-0.15, -0.1) is 27.8 Å². The van der Waals surface area contributed by atoms with Crippen molar-refractivity contribution < 1.29 is 4.42 Å². The third-order valence-electron chi connectivity index (χ3n) is 3.24. The number of thiazole rings is 1. The summed E-state index contributed by atoms with van der Waals surface area (Å²) in [4.78, 5) is 5.86. The van der Waals surface area contributed by atoms with E-state index in [1.54, 1.807) is 34.4 Å². The lowest BCUT2D eigenvalue weighted by Gasteiger charge is -2.01. The number of thiophene rings is 1. The minimum atomic E-state index is 0.695. The van der Waals surface area contributed by atoms with Gasteiger partial charge < -0.3 is 4.42 Å². The molecule has 122 valence electrons. The molecule has 0 spiro atoms. The third kappa shape index (κ3) is 3.42. The highest BCUT2D eigenvalue weighted by molar-refractivity contribution is 7.98. The molecule has 0 atom stereocenters. The molecule has 0 N–H and O–H groups in total. The van der Waals surface area contributed by atoms with Gasteiger partial charge in [-0.3, -0.25) is 0 Å². The molecule has 0 aromatic carbocycles. The van der Waals surface area contributed by atoms with Crippen LogP contribution in [0, 0.1) is 6.92 Å². The Morgan fingerprint density at radius 2 is 2.21 bits per heavy atom. The van der Waals surface area contributed by atoms with E-state index in [-0.39, 0.29) is 0 Å². The van der Waals surface area contributed by atoms with E-state index in [1.807, 2.05) is 35.2 Å². The van der Waals surface area contributed by atoms with E-state index in [1.165, 1.54) is 4.88 Å². The summed E-state index contributed by atoms with van der Waals surface area (Å²) in [7, 11) is 0. The van der Waals surface area contributed by atoms with Gasteiger partial charge in [0.05, 0.1) is 12.2 Å². The Morgan fingerprint density at radius 3 is 3.00 bits per heavy atom. The molecule has 0 bridgehead atoms. The van der Waals surface area contributed by atoms with E-state index in [9.17, 15) is 0 Å². The Kier molecular flexibility index (Phi) is 4.46. The first-order valence-corrected chi connectivity index (χ1v) is 9.95. The van der Waals surface area contributed by atoms with Crippen molar-refractivity contribution in [3.63, 3.8) is 0 Å². The largest absolute Gasteiger partial charge is 0.459 e. The minimum absolute atomic E-state index is 0.695. The Bertz CT molecular complexity index is 925. The number of nitrogens with zero attached hydrogens (tertiary/aromatic N) is 5. The van der Waals surface area contributed by atoms with Crippen molar-refractivity contribution in [1.82, 2.24) is 25.2 Å². The predicted octanol–water partition coefficient (Wildman–Crippen LogP) is 4.10. The average molecular weight is 376 g/mol. The van der Waals surface area contributed by atoms with Crippen molar-refractivity contribution in [1.29, 1.82) is 0 Å². The standard InChI is InChI=1S/C15H13N5OS3/c1-10-4-5-13(21-10)14-16-11(8-23-14)9-24-15-17-18-19-20(15)7-12-3-2-6-22-12/h2-6,8H,7,9H2,1H3. The zero-order chi connectivity index (χ0) is 16.4. The Balaban J connectivity index is 1.42. The van der Waals surface area contributed by atoms with Crippen LogP contribution in [0.1, 0.15) is 16.3 Å². The number of aryl methyl sites for hydroxylation is 1. The van der Waals surface area contributed by atoms with Gasteiger partial charge in [-0.05, 0) is 40.9 Å². The van der Waals surface area contributed by atoms with Crippen molar-refractivity contribution in [2.24, 2.45) is 0 Å². The highest BCUT2D eigenvalue weighted by Crippen LogP contribution is 2.28. The molecule has 24 heavy (non-hydrogen) atoms. The second kappa shape index (κ2) is 6.88. The predicted molar refractivity (Wildman–Crippen MR) is 95.4 cm³/mol. The fraction of sp³-hybridized carbons (Fsp3) is 0.200. The molecule has 0 aliphatic carbocycles. The summed E-state index contributed by atoms with van der Waals surface area (Å²) in [6.45, 7) is 2.63. The molecule has 0 radical (unpaired) electrons. The molecule has 4 aromatic heterocycles. The molecule has 0 unspecified atom stereocenters.